The second-order valence-corrected chi connectivity index (χ2v) is 5.61. The molecule has 0 bridgehead atoms. The molecule has 2 aromatic rings. The lowest BCUT2D eigenvalue weighted by Crippen LogP contribution is -2.13. The first-order chi connectivity index (χ1) is 8.99. The highest BCUT2D eigenvalue weighted by Gasteiger charge is 2.11. The van der Waals surface area contributed by atoms with Crippen LogP contribution in [-0.2, 0) is 0 Å². The number of nitrogens with one attached hydrogen (secondary N) is 1. The van der Waals surface area contributed by atoms with Gasteiger partial charge in [-0.1, -0.05) is 29.8 Å². The predicted molar refractivity (Wildman–Crippen MR) is 83.0 cm³/mol. The molecule has 0 aliphatic heterocycles. The second kappa shape index (κ2) is 5.76. The van der Waals surface area contributed by atoms with E-state index in [4.69, 9.17) is 11.6 Å². The number of rotatable bonds is 2. The molecular weight excluding hydrogens is 326 g/mol. The molecule has 0 saturated heterocycles. The number of aryl methyl sites for hydroxylation is 2. The van der Waals surface area contributed by atoms with Gasteiger partial charge >= 0.3 is 0 Å². The third-order valence-corrected chi connectivity index (χ3v) is 3.95. The van der Waals surface area contributed by atoms with Crippen molar-refractivity contribution in [1.29, 1.82) is 0 Å². The van der Waals surface area contributed by atoms with Gasteiger partial charge < -0.3 is 5.32 Å². The lowest BCUT2D eigenvalue weighted by molar-refractivity contribution is 0.102. The minimum atomic E-state index is -0.140. The number of carbonyl (C=O) groups excluding carboxylic acids is 1. The molecule has 2 nitrogen and oxygen atoms in total. The third-order valence-electron chi connectivity index (χ3n) is 2.89. The van der Waals surface area contributed by atoms with Crippen molar-refractivity contribution in [3.05, 3.63) is 62.6 Å². The first-order valence-corrected chi connectivity index (χ1v) is 6.99. The van der Waals surface area contributed by atoms with Gasteiger partial charge in [0.25, 0.3) is 5.91 Å². The molecule has 0 saturated carbocycles. The van der Waals surface area contributed by atoms with Gasteiger partial charge in [0.05, 0.1) is 5.69 Å². The van der Waals surface area contributed by atoms with Crippen LogP contribution in [-0.4, -0.2) is 5.91 Å². The van der Waals surface area contributed by atoms with Crippen LogP contribution >= 0.6 is 27.5 Å². The highest BCUT2D eigenvalue weighted by molar-refractivity contribution is 9.10. The number of anilines is 1. The van der Waals surface area contributed by atoms with E-state index in [9.17, 15) is 4.79 Å². The van der Waals surface area contributed by atoms with Crippen LogP contribution in [0.4, 0.5) is 5.69 Å². The molecule has 0 aliphatic rings. The maximum absolute atomic E-state index is 12.2. The van der Waals surface area contributed by atoms with Crippen molar-refractivity contribution in [2.24, 2.45) is 0 Å². The van der Waals surface area contributed by atoms with Gasteiger partial charge in [-0.15, -0.1) is 0 Å². The minimum Gasteiger partial charge on any atom is -0.321 e. The van der Waals surface area contributed by atoms with E-state index in [1.165, 1.54) is 0 Å². The van der Waals surface area contributed by atoms with Gasteiger partial charge in [-0.25, -0.2) is 0 Å². The van der Waals surface area contributed by atoms with E-state index in [0.29, 0.717) is 16.3 Å². The Morgan fingerprint density at radius 3 is 2.53 bits per heavy atom. The van der Waals surface area contributed by atoms with Crippen LogP contribution in [0.3, 0.4) is 0 Å². The minimum absolute atomic E-state index is 0.140. The van der Waals surface area contributed by atoms with Crippen molar-refractivity contribution in [3.8, 4) is 0 Å². The van der Waals surface area contributed by atoms with Gasteiger partial charge in [0, 0.05) is 15.1 Å². The van der Waals surface area contributed by atoms with Gasteiger partial charge in [0.2, 0.25) is 0 Å². The summed E-state index contributed by atoms with van der Waals surface area (Å²) in [6, 6.07) is 11.1. The standard InChI is InChI=1S/C15H13BrClNO/c1-9-5-3-4-6-11(9)15(19)18-14-8-13(17)10(2)7-12(14)16/h3-8H,1-2H3,(H,18,19). The molecule has 0 radical (unpaired) electrons. The summed E-state index contributed by atoms with van der Waals surface area (Å²) >= 11 is 9.50. The molecule has 0 spiro atoms. The van der Waals surface area contributed by atoms with Crippen LogP contribution < -0.4 is 5.32 Å². The number of amides is 1. The average molecular weight is 339 g/mol. The summed E-state index contributed by atoms with van der Waals surface area (Å²) < 4.78 is 0.816. The molecule has 4 heteroatoms. The summed E-state index contributed by atoms with van der Waals surface area (Å²) in [7, 11) is 0. The normalized spacial score (nSPS) is 10.3. The van der Waals surface area contributed by atoms with E-state index in [-0.39, 0.29) is 5.91 Å². The zero-order chi connectivity index (χ0) is 14.0. The van der Waals surface area contributed by atoms with E-state index < -0.39 is 0 Å². The molecule has 0 atom stereocenters. The first-order valence-electron chi connectivity index (χ1n) is 5.81. The molecule has 2 aromatic carbocycles. The van der Waals surface area contributed by atoms with Crippen molar-refractivity contribution in [2.75, 3.05) is 5.32 Å². The highest BCUT2D eigenvalue weighted by atomic mass is 79.9. The summed E-state index contributed by atoms with van der Waals surface area (Å²) in [4.78, 5) is 12.2. The summed E-state index contributed by atoms with van der Waals surface area (Å²) in [5.41, 5.74) is 3.23. The summed E-state index contributed by atoms with van der Waals surface area (Å²) in [6.07, 6.45) is 0. The number of carbonyl (C=O) groups is 1. The van der Waals surface area contributed by atoms with Gasteiger partial charge in [-0.2, -0.15) is 0 Å². The molecule has 0 fully saturated rings. The molecule has 0 unspecified atom stereocenters. The van der Waals surface area contributed by atoms with Crippen LogP contribution in [0.1, 0.15) is 21.5 Å². The van der Waals surface area contributed by atoms with E-state index in [1.807, 2.05) is 38.1 Å². The molecule has 0 aliphatic carbocycles. The van der Waals surface area contributed by atoms with Crippen LogP contribution in [0.15, 0.2) is 40.9 Å². The van der Waals surface area contributed by atoms with E-state index in [0.717, 1.165) is 15.6 Å². The van der Waals surface area contributed by atoms with Crippen molar-refractivity contribution in [1.82, 2.24) is 0 Å². The maximum atomic E-state index is 12.2. The van der Waals surface area contributed by atoms with Crippen molar-refractivity contribution in [2.45, 2.75) is 13.8 Å². The zero-order valence-corrected chi connectivity index (χ0v) is 13.0. The Bertz CT molecular complexity index is 640. The molecule has 0 heterocycles. The van der Waals surface area contributed by atoms with Crippen LogP contribution in [0.25, 0.3) is 0 Å². The lowest BCUT2D eigenvalue weighted by Gasteiger charge is -2.10. The fraction of sp³-hybridized carbons (Fsp3) is 0.133. The van der Waals surface area contributed by atoms with E-state index >= 15 is 0 Å². The zero-order valence-electron chi connectivity index (χ0n) is 10.6. The largest absolute Gasteiger partial charge is 0.321 e. The molecular formula is C15H13BrClNO. The average Bonchev–Trinajstić information content (AvgIpc) is 2.36. The Kier molecular flexibility index (Phi) is 4.27. The lowest BCUT2D eigenvalue weighted by atomic mass is 10.1. The Hall–Kier alpha value is -1.32. The number of hydrogen-bond acceptors (Lipinski definition) is 1. The predicted octanol–water partition coefficient (Wildman–Crippen LogP) is 4.97. The smallest absolute Gasteiger partial charge is 0.255 e. The molecule has 0 aromatic heterocycles. The fourth-order valence-corrected chi connectivity index (χ4v) is 2.48. The summed E-state index contributed by atoms with van der Waals surface area (Å²) in [5.74, 6) is -0.140. The second-order valence-electron chi connectivity index (χ2n) is 4.35. The molecule has 1 amide bonds. The van der Waals surface area contributed by atoms with Crippen LogP contribution in [0.2, 0.25) is 5.02 Å². The summed E-state index contributed by atoms with van der Waals surface area (Å²) in [6.45, 7) is 3.83. The van der Waals surface area contributed by atoms with Crippen LogP contribution in [0.5, 0.6) is 0 Å². The van der Waals surface area contributed by atoms with Crippen LogP contribution in [0, 0.1) is 13.8 Å². The quantitative estimate of drug-likeness (QED) is 0.823. The molecule has 2 rings (SSSR count). The fourth-order valence-electron chi connectivity index (χ4n) is 1.76. The molecule has 19 heavy (non-hydrogen) atoms. The number of hydrogen-bond donors (Lipinski definition) is 1. The van der Waals surface area contributed by atoms with Crippen molar-refractivity contribution in [3.63, 3.8) is 0 Å². The van der Waals surface area contributed by atoms with Gasteiger partial charge in [0.15, 0.2) is 0 Å². The number of benzene rings is 2. The van der Waals surface area contributed by atoms with E-state index in [1.54, 1.807) is 12.1 Å². The first kappa shape index (κ1) is 14.1. The SMILES string of the molecule is Cc1cc(Br)c(NC(=O)c2ccccc2C)cc1Cl. The molecule has 1 N–H and O–H groups in total. The Morgan fingerprint density at radius 1 is 1.16 bits per heavy atom. The molecule has 98 valence electrons. The van der Waals surface area contributed by atoms with Gasteiger partial charge in [0.1, 0.15) is 0 Å². The number of halogens is 2. The van der Waals surface area contributed by atoms with Gasteiger partial charge in [-0.3, -0.25) is 4.79 Å². The van der Waals surface area contributed by atoms with Crippen molar-refractivity contribution >= 4 is 39.1 Å². The Balaban J connectivity index is 2.30. The highest BCUT2D eigenvalue weighted by Crippen LogP contribution is 2.29. The van der Waals surface area contributed by atoms with E-state index in [2.05, 4.69) is 21.2 Å². The Morgan fingerprint density at radius 2 is 1.84 bits per heavy atom. The maximum Gasteiger partial charge on any atom is 0.255 e. The monoisotopic (exact) mass is 337 g/mol. The van der Waals surface area contributed by atoms with Gasteiger partial charge in [-0.05, 0) is 59.1 Å². The topological polar surface area (TPSA) is 29.1 Å². The van der Waals surface area contributed by atoms with Crippen molar-refractivity contribution < 1.29 is 4.79 Å². The summed E-state index contributed by atoms with van der Waals surface area (Å²) in [5, 5.41) is 3.49. The third kappa shape index (κ3) is 3.17. The Labute approximate surface area is 125 Å².